The third kappa shape index (κ3) is 4.05. The van der Waals surface area contributed by atoms with Gasteiger partial charge in [-0.05, 0) is 28.8 Å². The topological polar surface area (TPSA) is 81.9 Å². The Morgan fingerprint density at radius 1 is 1.43 bits per heavy atom. The van der Waals surface area contributed by atoms with Crippen molar-refractivity contribution in [2.45, 2.75) is 11.3 Å². The first-order chi connectivity index (χ1) is 10.7. The van der Waals surface area contributed by atoms with Gasteiger partial charge in [0.05, 0.1) is 15.5 Å². The number of rotatable bonds is 4. The van der Waals surface area contributed by atoms with E-state index in [4.69, 9.17) is 11.6 Å². The molecule has 124 valence electrons. The predicted octanol–water partition coefficient (Wildman–Crippen LogP) is 2.74. The van der Waals surface area contributed by atoms with Gasteiger partial charge in [-0.25, -0.2) is 4.68 Å². The van der Waals surface area contributed by atoms with Crippen molar-refractivity contribution >= 4 is 35.2 Å². The first-order valence-corrected chi connectivity index (χ1v) is 7.49. The van der Waals surface area contributed by atoms with Gasteiger partial charge in [0.1, 0.15) is 5.75 Å². The number of benzene rings is 1. The number of hydrogen-bond acceptors (Lipinski definition) is 6. The first-order valence-electron chi connectivity index (χ1n) is 5.89. The number of nitrogens with one attached hydrogen (secondary N) is 1. The van der Waals surface area contributed by atoms with Crippen molar-refractivity contribution in [1.82, 2.24) is 20.2 Å². The summed E-state index contributed by atoms with van der Waals surface area (Å²) in [5, 5.41) is 12.7. The van der Waals surface area contributed by atoms with Crippen molar-refractivity contribution in [1.29, 1.82) is 0 Å². The van der Waals surface area contributed by atoms with Crippen LogP contribution in [0.25, 0.3) is 0 Å². The summed E-state index contributed by atoms with van der Waals surface area (Å²) in [4.78, 5) is 12.2. The number of carbonyl (C=O) groups excluding carboxylic acids is 1. The van der Waals surface area contributed by atoms with Gasteiger partial charge in [-0.1, -0.05) is 16.7 Å². The standard InChI is InChI=1S/C11H9ClF3N5O2S/c1-20-10(17-18-19-20)16-9(21)5-3-4-6(22-11(13,14)15)8(23-2)7(5)12/h3-4H,1-2H3,(H,16,17,19,21). The normalized spacial score (nSPS) is 11.4. The lowest BCUT2D eigenvalue weighted by atomic mass is 10.2. The van der Waals surface area contributed by atoms with Crippen LogP contribution in [0, 0.1) is 0 Å². The molecule has 1 aromatic carbocycles. The van der Waals surface area contributed by atoms with Crippen LogP contribution in [-0.2, 0) is 7.05 Å². The minimum Gasteiger partial charge on any atom is -0.405 e. The van der Waals surface area contributed by atoms with Crippen molar-refractivity contribution in [3.63, 3.8) is 0 Å². The molecular formula is C11H9ClF3N5O2S. The molecule has 1 heterocycles. The number of aryl methyl sites for hydroxylation is 1. The van der Waals surface area contributed by atoms with E-state index in [2.05, 4.69) is 25.6 Å². The molecule has 2 aromatic rings. The SMILES string of the molecule is CSc1c(OC(F)(F)F)ccc(C(=O)Nc2nnnn2C)c1Cl. The molecule has 1 N–H and O–H groups in total. The maximum absolute atomic E-state index is 12.4. The van der Waals surface area contributed by atoms with Crippen LogP contribution in [0.15, 0.2) is 17.0 Å². The molecule has 0 aliphatic rings. The molecule has 12 heteroatoms. The van der Waals surface area contributed by atoms with Crippen LogP contribution >= 0.6 is 23.4 Å². The molecule has 0 radical (unpaired) electrons. The molecule has 0 bridgehead atoms. The zero-order chi connectivity index (χ0) is 17.2. The smallest absolute Gasteiger partial charge is 0.405 e. The molecular weight excluding hydrogens is 359 g/mol. The van der Waals surface area contributed by atoms with E-state index >= 15 is 0 Å². The molecule has 23 heavy (non-hydrogen) atoms. The van der Waals surface area contributed by atoms with E-state index in [0.717, 1.165) is 23.9 Å². The fourth-order valence-electron chi connectivity index (χ4n) is 1.61. The number of tetrazole rings is 1. The summed E-state index contributed by atoms with van der Waals surface area (Å²) in [6.45, 7) is 0. The van der Waals surface area contributed by atoms with Crippen LogP contribution in [0.2, 0.25) is 5.02 Å². The molecule has 0 aliphatic heterocycles. The van der Waals surface area contributed by atoms with E-state index in [9.17, 15) is 18.0 Å². The number of thioether (sulfide) groups is 1. The highest BCUT2D eigenvalue weighted by Gasteiger charge is 2.33. The van der Waals surface area contributed by atoms with Crippen molar-refractivity contribution in [2.24, 2.45) is 7.05 Å². The van der Waals surface area contributed by atoms with E-state index < -0.39 is 18.0 Å². The van der Waals surface area contributed by atoms with Gasteiger partial charge >= 0.3 is 6.36 Å². The number of nitrogens with zero attached hydrogens (tertiary/aromatic N) is 4. The van der Waals surface area contributed by atoms with E-state index in [1.165, 1.54) is 18.0 Å². The molecule has 0 fully saturated rings. The van der Waals surface area contributed by atoms with E-state index in [1.54, 1.807) is 0 Å². The number of aromatic nitrogens is 4. The van der Waals surface area contributed by atoms with Gasteiger partial charge in [0, 0.05) is 7.05 Å². The maximum Gasteiger partial charge on any atom is 0.573 e. The first kappa shape index (κ1) is 17.3. The molecule has 0 unspecified atom stereocenters. The highest BCUT2D eigenvalue weighted by Crippen LogP contribution is 2.39. The Labute approximate surface area is 137 Å². The van der Waals surface area contributed by atoms with Gasteiger partial charge < -0.3 is 4.74 Å². The Morgan fingerprint density at radius 2 is 2.13 bits per heavy atom. The van der Waals surface area contributed by atoms with E-state index in [-0.39, 0.29) is 21.4 Å². The van der Waals surface area contributed by atoms with Crippen LogP contribution in [0.5, 0.6) is 5.75 Å². The summed E-state index contributed by atoms with van der Waals surface area (Å²) < 4.78 is 42.2. The van der Waals surface area contributed by atoms with Crippen molar-refractivity contribution in [3.05, 3.63) is 22.7 Å². The zero-order valence-electron chi connectivity index (χ0n) is 11.7. The number of halogens is 4. The van der Waals surface area contributed by atoms with Crippen LogP contribution < -0.4 is 10.1 Å². The molecule has 7 nitrogen and oxygen atoms in total. The molecule has 2 rings (SSSR count). The number of ether oxygens (including phenoxy) is 1. The second-order valence-electron chi connectivity index (χ2n) is 4.09. The average molecular weight is 368 g/mol. The summed E-state index contributed by atoms with van der Waals surface area (Å²) in [6.07, 6.45) is -3.35. The van der Waals surface area contributed by atoms with E-state index in [0.29, 0.717) is 0 Å². The van der Waals surface area contributed by atoms with Crippen molar-refractivity contribution in [3.8, 4) is 5.75 Å². The van der Waals surface area contributed by atoms with Crippen LogP contribution in [0.1, 0.15) is 10.4 Å². The van der Waals surface area contributed by atoms with Gasteiger partial charge in [0.15, 0.2) is 0 Å². The maximum atomic E-state index is 12.4. The highest BCUT2D eigenvalue weighted by molar-refractivity contribution is 7.98. The van der Waals surface area contributed by atoms with Gasteiger partial charge in [-0.3, -0.25) is 10.1 Å². The Morgan fingerprint density at radius 3 is 2.65 bits per heavy atom. The predicted molar refractivity (Wildman–Crippen MR) is 76.7 cm³/mol. The molecule has 1 aromatic heterocycles. The summed E-state index contributed by atoms with van der Waals surface area (Å²) in [6, 6.07) is 2.15. The lowest BCUT2D eigenvalue weighted by molar-refractivity contribution is -0.275. The molecule has 0 saturated heterocycles. The average Bonchev–Trinajstić information content (AvgIpc) is 2.83. The third-order valence-electron chi connectivity index (χ3n) is 2.58. The summed E-state index contributed by atoms with van der Waals surface area (Å²) >= 11 is 6.95. The Bertz CT molecular complexity index is 737. The van der Waals surface area contributed by atoms with Crippen molar-refractivity contribution < 1.29 is 22.7 Å². The number of amides is 1. The summed E-state index contributed by atoms with van der Waals surface area (Å²) in [5.74, 6) is -1.08. The minimum atomic E-state index is -4.86. The lowest BCUT2D eigenvalue weighted by Crippen LogP contribution is -2.19. The fourth-order valence-corrected chi connectivity index (χ4v) is 2.69. The molecule has 0 spiro atoms. The largest absolute Gasteiger partial charge is 0.573 e. The minimum absolute atomic E-state index is 0.00673. The monoisotopic (exact) mass is 367 g/mol. The van der Waals surface area contributed by atoms with Gasteiger partial charge in [0.2, 0.25) is 5.95 Å². The Hall–Kier alpha value is -2.01. The van der Waals surface area contributed by atoms with Crippen LogP contribution in [-0.4, -0.2) is 38.7 Å². The Balaban J connectivity index is 2.33. The molecule has 0 saturated carbocycles. The van der Waals surface area contributed by atoms with Gasteiger partial charge in [-0.15, -0.1) is 24.9 Å². The number of hydrogen-bond donors (Lipinski definition) is 1. The van der Waals surface area contributed by atoms with Gasteiger partial charge in [0.25, 0.3) is 5.91 Å². The van der Waals surface area contributed by atoms with Crippen molar-refractivity contribution in [2.75, 3.05) is 11.6 Å². The molecule has 0 aliphatic carbocycles. The second kappa shape index (κ2) is 6.62. The van der Waals surface area contributed by atoms with E-state index in [1.807, 2.05) is 0 Å². The number of alkyl halides is 3. The summed E-state index contributed by atoms with van der Waals surface area (Å²) in [7, 11) is 1.50. The quantitative estimate of drug-likeness (QED) is 0.837. The summed E-state index contributed by atoms with van der Waals surface area (Å²) in [5.41, 5.74) is -0.0338. The van der Waals surface area contributed by atoms with Crippen LogP contribution in [0.4, 0.5) is 19.1 Å². The Kier molecular flexibility index (Phi) is 5.00. The zero-order valence-corrected chi connectivity index (χ0v) is 13.3. The fraction of sp³-hybridized carbons (Fsp3) is 0.273. The number of anilines is 1. The highest BCUT2D eigenvalue weighted by atomic mass is 35.5. The second-order valence-corrected chi connectivity index (χ2v) is 5.28. The lowest BCUT2D eigenvalue weighted by Gasteiger charge is -2.15. The number of carbonyl (C=O) groups is 1. The molecule has 1 amide bonds. The van der Waals surface area contributed by atoms with Crippen LogP contribution in [0.3, 0.4) is 0 Å². The third-order valence-corrected chi connectivity index (χ3v) is 3.90. The van der Waals surface area contributed by atoms with Gasteiger partial charge in [-0.2, -0.15) is 0 Å². The molecule has 0 atom stereocenters.